The molecule has 0 radical (unpaired) electrons. The second kappa shape index (κ2) is 5.93. The number of aromatic nitrogens is 1. The van der Waals surface area contributed by atoms with Gasteiger partial charge in [-0.2, -0.15) is 0 Å². The highest BCUT2D eigenvalue weighted by Gasteiger charge is 2.07. The van der Waals surface area contributed by atoms with E-state index >= 15 is 0 Å². The van der Waals surface area contributed by atoms with Crippen LogP contribution in [0.5, 0.6) is 0 Å². The maximum absolute atomic E-state index is 11.2. The average molecular weight is 243 g/mol. The summed E-state index contributed by atoms with van der Waals surface area (Å²) >= 11 is 0. The van der Waals surface area contributed by atoms with Crippen LogP contribution in [0.4, 0.5) is 0 Å². The van der Waals surface area contributed by atoms with Crippen molar-refractivity contribution >= 4 is 9.84 Å². The number of nitrogens with two attached hydrogens (primary N) is 1. The normalized spacial score (nSPS) is 11.6. The zero-order chi connectivity index (χ0) is 12.0. The van der Waals surface area contributed by atoms with Crippen molar-refractivity contribution in [2.45, 2.75) is 18.0 Å². The molecule has 0 amide bonds. The molecule has 0 aliphatic rings. The molecular formula is C10H17N3O2S. The molecule has 0 saturated carbocycles. The van der Waals surface area contributed by atoms with Gasteiger partial charge in [0, 0.05) is 19.0 Å². The Hall–Kier alpha value is -0.980. The predicted molar refractivity (Wildman–Crippen MR) is 62.7 cm³/mol. The molecule has 0 aliphatic carbocycles. The van der Waals surface area contributed by atoms with Gasteiger partial charge in [-0.3, -0.25) is 0 Å². The molecule has 0 atom stereocenters. The van der Waals surface area contributed by atoms with Crippen LogP contribution in [-0.2, 0) is 16.4 Å². The van der Waals surface area contributed by atoms with Crippen molar-refractivity contribution in [3.05, 3.63) is 23.9 Å². The van der Waals surface area contributed by atoms with Gasteiger partial charge in [0.15, 0.2) is 14.9 Å². The minimum Gasteiger partial charge on any atom is -0.330 e. The summed E-state index contributed by atoms with van der Waals surface area (Å²) in [6, 6.07) is 3.29. The summed E-state index contributed by atoms with van der Waals surface area (Å²) in [6.07, 6.45) is 3.65. The Bertz CT molecular complexity index is 414. The minimum absolute atomic E-state index is 0.109. The van der Waals surface area contributed by atoms with E-state index in [1.165, 1.54) is 6.07 Å². The van der Waals surface area contributed by atoms with E-state index in [1.807, 2.05) is 0 Å². The van der Waals surface area contributed by atoms with Crippen LogP contribution in [-0.4, -0.2) is 32.7 Å². The van der Waals surface area contributed by atoms with Gasteiger partial charge in [-0.05, 0) is 31.1 Å². The first-order valence-corrected chi connectivity index (χ1v) is 6.99. The van der Waals surface area contributed by atoms with Crippen LogP contribution in [0.15, 0.2) is 23.4 Å². The monoisotopic (exact) mass is 243 g/mol. The van der Waals surface area contributed by atoms with E-state index in [4.69, 9.17) is 5.73 Å². The lowest BCUT2D eigenvalue weighted by molar-refractivity contribution is 0.597. The van der Waals surface area contributed by atoms with Crippen molar-refractivity contribution in [3.63, 3.8) is 0 Å². The lowest BCUT2D eigenvalue weighted by atomic mass is 10.3. The molecule has 0 aromatic carbocycles. The SMILES string of the molecule is CS(=O)(=O)c1ccc(CNCCCN)cn1. The zero-order valence-electron chi connectivity index (χ0n) is 9.31. The van der Waals surface area contributed by atoms with Crippen LogP contribution in [0.2, 0.25) is 0 Å². The molecule has 16 heavy (non-hydrogen) atoms. The van der Waals surface area contributed by atoms with Gasteiger partial charge in [0.2, 0.25) is 0 Å². The molecule has 6 heteroatoms. The lowest BCUT2D eigenvalue weighted by Gasteiger charge is -2.04. The third-order valence-electron chi connectivity index (χ3n) is 2.06. The summed E-state index contributed by atoms with van der Waals surface area (Å²) in [7, 11) is -3.20. The molecule has 3 N–H and O–H groups in total. The Labute approximate surface area is 96.0 Å². The molecular weight excluding hydrogens is 226 g/mol. The number of pyridine rings is 1. The molecule has 0 bridgehead atoms. The largest absolute Gasteiger partial charge is 0.330 e. The van der Waals surface area contributed by atoms with Crippen molar-refractivity contribution < 1.29 is 8.42 Å². The van der Waals surface area contributed by atoms with Gasteiger partial charge in [-0.15, -0.1) is 0 Å². The number of hydrogen-bond acceptors (Lipinski definition) is 5. The molecule has 1 aromatic heterocycles. The van der Waals surface area contributed by atoms with E-state index in [-0.39, 0.29) is 5.03 Å². The molecule has 1 heterocycles. The van der Waals surface area contributed by atoms with Crippen molar-refractivity contribution in [2.75, 3.05) is 19.3 Å². The summed E-state index contributed by atoms with van der Waals surface area (Å²) in [6.45, 7) is 2.19. The van der Waals surface area contributed by atoms with E-state index in [1.54, 1.807) is 12.3 Å². The average Bonchev–Trinajstić information content (AvgIpc) is 2.24. The molecule has 5 nitrogen and oxygen atoms in total. The number of hydrogen-bond donors (Lipinski definition) is 2. The highest BCUT2D eigenvalue weighted by molar-refractivity contribution is 7.90. The molecule has 0 aliphatic heterocycles. The fourth-order valence-electron chi connectivity index (χ4n) is 1.19. The molecule has 1 aromatic rings. The highest BCUT2D eigenvalue weighted by atomic mass is 32.2. The molecule has 90 valence electrons. The van der Waals surface area contributed by atoms with Crippen molar-refractivity contribution in [1.82, 2.24) is 10.3 Å². The van der Waals surface area contributed by atoms with Crippen LogP contribution in [0.1, 0.15) is 12.0 Å². The van der Waals surface area contributed by atoms with Gasteiger partial charge in [-0.1, -0.05) is 6.07 Å². The first-order chi connectivity index (χ1) is 7.54. The van der Waals surface area contributed by atoms with Gasteiger partial charge in [0.25, 0.3) is 0 Å². The molecule has 0 unspecified atom stereocenters. The summed E-state index contributed by atoms with van der Waals surface area (Å²) < 4.78 is 22.3. The fraction of sp³-hybridized carbons (Fsp3) is 0.500. The Morgan fingerprint density at radius 2 is 2.19 bits per heavy atom. The van der Waals surface area contributed by atoms with Crippen LogP contribution in [0, 0.1) is 0 Å². The smallest absolute Gasteiger partial charge is 0.192 e. The van der Waals surface area contributed by atoms with E-state index in [0.717, 1.165) is 24.8 Å². The first kappa shape index (κ1) is 13.1. The second-order valence-corrected chi connectivity index (χ2v) is 5.56. The second-order valence-electron chi connectivity index (χ2n) is 3.60. The summed E-state index contributed by atoms with van der Waals surface area (Å²) in [5, 5.41) is 3.30. The molecule has 0 fully saturated rings. The Kier molecular flexibility index (Phi) is 4.85. The van der Waals surface area contributed by atoms with E-state index < -0.39 is 9.84 Å². The fourth-order valence-corrected chi connectivity index (χ4v) is 1.75. The lowest BCUT2D eigenvalue weighted by Crippen LogP contribution is -2.17. The standard InChI is InChI=1S/C10H17N3O2S/c1-16(14,15)10-4-3-9(8-13-10)7-12-6-2-5-11/h3-4,8,12H,2,5-7,11H2,1H3. The molecule has 1 rings (SSSR count). The number of nitrogens with zero attached hydrogens (tertiary/aromatic N) is 1. The van der Waals surface area contributed by atoms with Crippen LogP contribution >= 0.6 is 0 Å². The van der Waals surface area contributed by atoms with Gasteiger partial charge in [0.1, 0.15) is 0 Å². The first-order valence-electron chi connectivity index (χ1n) is 5.10. The van der Waals surface area contributed by atoms with E-state index in [9.17, 15) is 8.42 Å². The van der Waals surface area contributed by atoms with Gasteiger partial charge < -0.3 is 11.1 Å². The topological polar surface area (TPSA) is 85.1 Å². The van der Waals surface area contributed by atoms with Crippen LogP contribution < -0.4 is 11.1 Å². The van der Waals surface area contributed by atoms with Crippen molar-refractivity contribution in [3.8, 4) is 0 Å². The summed E-state index contributed by atoms with van der Waals surface area (Å²) in [4.78, 5) is 3.90. The van der Waals surface area contributed by atoms with E-state index in [2.05, 4.69) is 10.3 Å². The predicted octanol–water partition coefficient (Wildman–Crippen LogP) is -0.0765. The third-order valence-corrected chi connectivity index (χ3v) is 3.07. The maximum Gasteiger partial charge on any atom is 0.192 e. The molecule has 0 spiro atoms. The quantitative estimate of drug-likeness (QED) is 0.683. The van der Waals surface area contributed by atoms with Gasteiger partial charge >= 0.3 is 0 Å². The van der Waals surface area contributed by atoms with Gasteiger partial charge in [0.05, 0.1) is 0 Å². The maximum atomic E-state index is 11.2. The van der Waals surface area contributed by atoms with Crippen LogP contribution in [0.3, 0.4) is 0 Å². The minimum atomic E-state index is -3.20. The Morgan fingerprint density at radius 3 is 2.69 bits per heavy atom. The number of nitrogens with one attached hydrogen (secondary N) is 1. The van der Waals surface area contributed by atoms with E-state index in [0.29, 0.717) is 13.1 Å². The van der Waals surface area contributed by atoms with Gasteiger partial charge in [-0.25, -0.2) is 13.4 Å². The number of rotatable bonds is 6. The molecule has 0 saturated heterocycles. The highest BCUT2D eigenvalue weighted by Crippen LogP contribution is 2.05. The zero-order valence-corrected chi connectivity index (χ0v) is 10.1. The third kappa shape index (κ3) is 4.26. The number of sulfone groups is 1. The Balaban J connectivity index is 2.52. The summed E-state index contributed by atoms with van der Waals surface area (Å²) in [5.74, 6) is 0. The van der Waals surface area contributed by atoms with Crippen LogP contribution in [0.25, 0.3) is 0 Å². The Morgan fingerprint density at radius 1 is 1.44 bits per heavy atom. The van der Waals surface area contributed by atoms with Crippen molar-refractivity contribution in [1.29, 1.82) is 0 Å². The summed E-state index contributed by atoms with van der Waals surface area (Å²) in [5.41, 5.74) is 6.32. The van der Waals surface area contributed by atoms with Crippen molar-refractivity contribution in [2.24, 2.45) is 5.73 Å².